The van der Waals surface area contributed by atoms with Crippen molar-refractivity contribution in [1.82, 2.24) is 9.97 Å². The molecule has 0 radical (unpaired) electrons. The van der Waals surface area contributed by atoms with Gasteiger partial charge in [0, 0.05) is 52.0 Å². The Labute approximate surface area is 199 Å². The van der Waals surface area contributed by atoms with Gasteiger partial charge in [-0.15, -0.1) is 0 Å². The van der Waals surface area contributed by atoms with Gasteiger partial charge in [0.2, 0.25) is 0 Å². The van der Waals surface area contributed by atoms with Gasteiger partial charge in [0.15, 0.2) is 0 Å². The van der Waals surface area contributed by atoms with E-state index in [1.807, 2.05) is 111 Å². The maximum Gasteiger partial charge on any atom is 0.0909 e. The van der Waals surface area contributed by atoms with Crippen LogP contribution in [-0.2, 0) is 0 Å². The Hall–Kier alpha value is -4.46. The molecule has 2 heterocycles. The van der Waals surface area contributed by atoms with E-state index in [-0.39, 0.29) is 0 Å². The van der Waals surface area contributed by atoms with Gasteiger partial charge >= 0.3 is 0 Å². The first kappa shape index (κ1) is 22.7. The summed E-state index contributed by atoms with van der Waals surface area (Å²) < 4.78 is 0. The van der Waals surface area contributed by atoms with E-state index in [0.717, 1.165) is 22.7 Å². The number of nitrogens with zero attached hydrogens (tertiary/aromatic N) is 8. The lowest BCUT2D eigenvalue weighted by Crippen LogP contribution is -2.07. The molecule has 2 aromatic carbocycles. The second-order valence-corrected chi connectivity index (χ2v) is 8.02. The molecule has 4 rings (SSSR count). The maximum atomic E-state index is 4.43. The lowest BCUT2D eigenvalue weighted by Gasteiger charge is -2.11. The lowest BCUT2D eigenvalue weighted by atomic mass is 10.2. The minimum atomic E-state index is 0.687. The molecule has 0 aliphatic heterocycles. The number of hydrogen-bond acceptors (Lipinski definition) is 8. The van der Waals surface area contributed by atoms with E-state index >= 15 is 0 Å². The van der Waals surface area contributed by atoms with E-state index in [4.69, 9.17) is 0 Å². The molecule has 0 saturated carbocycles. The van der Waals surface area contributed by atoms with E-state index in [9.17, 15) is 0 Å². The maximum absolute atomic E-state index is 4.43. The van der Waals surface area contributed by atoms with E-state index in [1.165, 1.54) is 0 Å². The van der Waals surface area contributed by atoms with Crippen molar-refractivity contribution in [3.05, 3.63) is 85.2 Å². The summed E-state index contributed by atoms with van der Waals surface area (Å²) in [5, 5.41) is 17.4. The van der Waals surface area contributed by atoms with Crippen molar-refractivity contribution in [3.8, 4) is 11.4 Å². The van der Waals surface area contributed by atoms with Gasteiger partial charge in [-0.05, 0) is 72.8 Å². The molecule has 170 valence electrons. The van der Waals surface area contributed by atoms with E-state index in [0.29, 0.717) is 22.8 Å². The van der Waals surface area contributed by atoms with Crippen LogP contribution >= 0.6 is 0 Å². The van der Waals surface area contributed by atoms with Gasteiger partial charge in [0.05, 0.1) is 34.1 Å². The fraction of sp³-hybridized carbons (Fsp3) is 0.154. The van der Waals surface area contributed by atoms with Crippen molar-refractivity contribution in [2.45, 2.75) is 0 Å². The molecule has 0 aliphatic rings. The van der Waals surface area contributed by atoms with Crippen LogP contribution in [0.25, 0.3) is 11.4 Å². The Kier molecular flexibility index (Phi) is 6.98. The predicted octanol–water partition coefficient (Wildman–Crippen LogP) is 7.11. The Morgan fingerprint density at radius 3 is 1.18 bits per heavy atom. The zero-order valence-electron chi connectivity index (χ0n) is 19.7. The zero-order valence-corrected chi connectivity index (χ0v) is 19.7. The van der Waals surface area contributed by atoms with Crippen LogP contribution in [0.2, 0.25) is 0 Å². The van der Waals surface area contributed by atoms with Crippen molar-refractivity contribution in [2.75, 3.05) is 38.0 Å². The average molecular weight is 451 g/mol. The van der Waals surface area contributed by atoms with Gasteiger partial charge < -0.3 is 9.80 Å². The smallest absolute Gasteiger partial charge is 0.0909 e. The highest BCUT2D eigenvalue weighted by atomic mass is 15.1. The standard InChI is InChI=1S/C26H26N8/c1-33(2)23-9-5-19(6-10-23)29-31-21-13-15-27-25(17-21)26-18-22(14-16-28-26)32-30-20-7-11-24(12-8-20)34(3)4/h5-18H,1-4H3. The molecule has 2 aromatic heterocycles. The van der Waals surface area contributed by atoms with Crippen LogP contribution in [0.15, 0.2) is 106 Å². The summed E-state index contributed by atoms with van der Waals surface area (Å²) in [6, 6.07) is 23.1. The van der Waals surface area contributed by atoms with Crippen LogP contribution in [0.3, 0.4) is 0 Å². The molecular weight excluding hydrogens is 424 g/mol. The number of rotatable bonds is 7. The number of pyridine rings is 2. The molecule has 0 fully saturated rings. The largest absolute Gasteiger partial charge is 0.378 e. The summed E-state index contributed by atoms with van der Waals surface area (Å²) in [7, 11) is 8.01. The molecule has 0 atom stereocenters. The molecule has 0 aliphatic carbocycles. The van der Waals surface area contributed by atoms with Crippen LogP contribution in [0.1, 0.15) is 0 Å². The van der Waals surface area contributed by atoms with Gasteiger partial charge in [-0.2, -0.15) is 20.5 Å². The quantitative estimate of drug-likeness (QED) is 0.281. The molecule has 8 nitrogen and oxygen atoms in total. The predicted molar refractivity (Wildman–Crippen MR) is 137 cm³/mol. The number of azo groups is 2. The van der Waals surface area contributed by atoms with E-state index < -0.39 is 0 Å². The van der Waals surface area contributed by atoms with Gasteiger partial charge in [-0.25, -0.2) is 0 Å². The summed E-state index contributed by atoms with van der Waals surface area (Å²) in [6.45, 7) is 0. The molecule has 0 N–H and O–H groups in total. The third-order valence-electron chi connectivity index (χ3n) is 5.04. The van der Waals surface area contributed by atoms with Crippen LogP contribution < -0.4 is 9.80 Å². The molecule has 0 bridgehead atoms. The fourth-order valence-electron chi connectivity index (χ4n) is 3.11. The highest BCUT2D eigenvalue weighted by Gasteiger charge is 2.04. The highest BCUT2D eigenvalue weighted by Crippen LogP contribution is 2.27. The molecule has 0 saturated heterocycles. The second-order valence-electron chi connectivity index (χ2n) is 8.02. The second kappa shape index (κ2) is 10.4. The van der Waals surface area contributed by atoms with E-state index in [1.54, 1.807) is 12.4 Å². The minimum Gasteiger partial charge on any atom is -0.378 e. The highest BCUT2D eigenvalue weighted by molar-refractivity contribution is 5.62. The van der Waals surface area contributed by atoms with Crippen LogP contribution in [0.4, 0.5) is 34.1 Å². The molecule has 34 heavy (non-hydrogen) atoms. The SMILES string of the molecule is CN(C)c1ccc(N=Nc2ccnc(-c3cc(N=Nc4ccc(N(C)C)cc4)ccn3)c2)cc1. The van der Waals surface area contributed by atoms with Crippen molar-refractivity contribution in [2.24, 2.45) is 20.5 Å². The van der Waals surface area contributed by atoms with Gasteiger partial charge in [-0.3, -0.25) is 9.97 Å². The van der Waals surface area contributed by atoms with Crippen molar-refractivity contribution < 1.29 is 0 Å². The first-order valence-corrected chi connectivity index (χ1v) is 10.8. The number of anilines is 2. The monoisotopic (exact) mass is 450 g/mol. The number of hydrogen-bond donors (Lipinski definition) is 0. The zero-order chi connectivity index (χ0) is 23.9. The summed E-state index contributed by atoms with van der Waals surface area (Å²) >= 11 is 0. The summed E-state index contributed by atoms with van der Waals surface area (Å²) in [4.78, 5) is 12.9. The Morgan fingerprint density at radius 1 is 0.471 bits per heavy atom. The average Bonchev–Trinajstić information content (AvgIpc) is 2.87. The molecule has 4 aromatic rings. The first-order valence-electron chi connectivity index (χ1n) is 10.8. The number of benzene rings is 2. The molecule has 0 amide bonds. The third kappa shape index (κ3) is 5.86. The molecular formula is C26H26N8. The normalized spacial score (nSPS) is 11.3. The van der Waals surface area contributed by atoms with Crippen LogP contribution in [-0.4, -0.2) is 38.2 Å². The summed E-state index contributed by atoms with van der Waals surface area (Å²) in [5.74, 6) is 0. The van der Waals surface area contributed by atoms with Gasteiger partial charge in [0.1, 0.15) is 0 Å². The van der Waals surface area contributed by atoms with Gasteiger partial charge in [0.25, 0.3) is 0 Å². The Balaban J connectivity index is 1.49. The van der Waals surface area contributed by atoms with E-state index in [2.05, 4.69) is 30.4 Å². The molecule has 0 spiro atoms. The number of aromatic nitrogens is 2. The minimum absolute atomic E-state index is 0.687. The van der Waals surface area contributed by atoms with Crippen LogP contribution in [0, 0.1) is 0 Å². The fourth-order valence-corrected chi connectivity index (χ4v) is 3.11. The first-order chi connectivity index (χ1) is 16.5. The lowest BCUT2D eigenvalue weighted by molar-refractivity contribution is 1.13. The van der Waals surface area contributed by atoms with Crippen molar-refractivity contribution >= 4 is 34.1 Å². The summed E-state index contributed by atoms with van der Waals surface area (Å²) in [5.41, 5.74) is 6.54. The molecule has 0 unspecified atom stereocenters. The topological polar surface area (TPSA) is 81.7 Å². The van der Waals surface area contributed by atoms with Crippen LogP contribution in [0.5, 0.6) is 0 Å². The Morgan fingerprint density at radius 2 is 0.824 bits per heavy atom. The van der Waals surface area contributed by atoms with Crippen molar-refractivity contribution in [1.29, 1.82) is 0 Å². The van der Waals surface area contributed by atoms with Gasteiger partial charge in [-0.1, -0.05) is 0 Å². The third-order valence-corrected chi connectivity index (χ3v) is 5.04. The summed E-state index contributed by atoms with van der Waals surface area (Å²) in [6.07, 6.45) is 3.39. The Bertz CT molecular complexity index is 1190. The van der Waals surface area contributed by atoms with Crippen molar-refractivity contribution in [3.63, 3.8) is 0 Å². The molecule has 8 heteroatoms.